The summed E-state index contributed by atoms with van der Waals surface area (Å²) in [5.74, 6) is -10.9. The fourth-order valence-electron chi connectivity index (χ4n) is 5.81. The number of carbonyl (C=O) groups is 10. The van der Waals surface area contributed by atoms with Gasteiger partial charge < -0.3 is 51.5 Å². The van der Waals surface area contributed by atoms with E-state index in [2.05, 4.69) is 10.6 Å². The lowest BCUT2D eigenvalue weighted by molar-refractivity contribution is -0.144. The molecule has 0 bridgehead atoms. The monoisotopic (exact) mass is 880 g/mol. The van der Waals surface area contributed by atoms with Gasteiger partial charge in [0.25, 0.3) is 0 Å². The average Bonchev–Trinajstić information content (AvgIpc) is 3.10. The Morgan fingerprint density at radius 1 is 0.262 bits per heavy atom. The second-order valence-electron chi connectivity index (χ2n) is 14.0. The van der Waals surface area contributed by atoms with Crippen LogP contribution in [-0.4, -0.2) is 261 Å². The molecular formula is C35H60N8O18. The van der Waals surface area contributed by atoms with Crippen molar-refractivity contribution in [3.63, 3.8) is 0 Å². The van der Waals surface area contributed by atoms with Crippen LogP contribution in [0.1, 0.15) is 32.1 Å². The first-order valence-corrected chi connectivity index (χ1v) is 19.3. The number of amides is 2. The molecule has 61 heavy (non-hydrogen) atoms. The molecule has 0 spiro atoms. The summed E-state index contributed by atoms with van der Waals surface area (Å²) >= 11 is 0. The van der Waals surface area contributed by atoms with E-state index in [4.69, 9.17) is 20.4 Å². The molecule has 0 rings (SSSR count). The molecule has 0 aromatic heterocycles. The Bertz CT molecular complexity index is 1320. The van der Waals surface area contributed by atoms with Crippen LogP contribution in [0.3, 0.4) is 0 Å². The largest absolute Gasteiger partial charge is 0.480 e. The Morgan fingerprint density at radius 3 is 0.672 bits per heavy atom. The third-order valence-corrected chi connectivity index (χ3v) is 8.53. The number of hydrogen-bond acceptors (Lipinski definition) is 16. The third-order valence-electron chi connectivity index (χ3n) is 8.53. The summed E-state index contributed by atoms with van der Waals surface area (Å²) in [6.07, 6.45) is 3.34. The Hall–Kier alpha value is -5.54. The molecule has 348 valence electrons. The van der Waals surface area contributed by atoms with E-state index in [9.17, 15) is 68.4 Å². The first kappa shape index (κ1) is 55.5. The van der Waals surface area contributed by atoms with Gasteiger partial charge in [0.1, 0.15) is 0 Å². The molecule has 26 heteroatoms. The molecule has 0 radical (unpaired) electrons. The highest BCUT2D eigenvalue weighted by Crippen LogP contribution is 2.03. The minimum absolute atomic E-state index is 0.00802. The van der Waals surface area contributed by atoms with Crippen LogP contribution in [0.5, 0.6) is 0 Å². The number of hydrogen-bond donors (Lipinski definition) is 10. The molecule has 0 saturated heterocycles. The summed E-state index contributed by atoms with van der Waals surface area (Å²) in [6, 6.07) is 0. The standard InChI is InChI=1S/C35H60N8O18/c44-26(16-40(20-30(50)51)12-8-38(18-28(46)47)10-14-42(22-32(54)55)23-33(56)57)36-6-4-2-1-3-5-7-37-27(45)17-41(21-31(52)53)13-9-39(19-29(48)49)11-15-43(24-34(58)59)25-35(60)61/h1-25H2,(H,36,44)(H,37,45)(H,46,47)(H,48,49)(H,50,51)(H,52,53)(H,54,55)(H,56,57)(H,58,59)(H,60,61). The van der Waals surface area contributed by atoms with Crippen molar-refractivity contribution >= 4 is 59.6 Å². The molecule has 0 saturated carbocycles. The third kappa shape index (κ3) is 33.9. The number of unbranched alkanes of at least 4 members (excludes halogenated alkanes) is 4. The number of nitrogens with zero attached hydrogens (tertiary/aromatic N) is 6. The summed E-state index contributed by atoms with van der Waals surface area (Å²) in [6.45, 7) is -4.70. The molecule has 0 aromatic carbocycles. The maximum atomic E-state index is 12.6. The van der Waals surface area contributed by atoms with Gasteiger partial charge in [0.05, 0.1) is 65.4 Å². The van der Waals surface area contributed by atoms with E-state index >= 15 is 0 Å². The summed E-state index contributed by atoms with van der Waals surface area (Å²) < 4.78 is 0. The minimum Gasteiger partial charge on any atom is -0.480 e. The minimum atomic E-state index is -1.27. The summed E-state index contributed by atoms with van der Waals surface area (Å²) in [5, 5.41) is 78.8. The lowest BCUT2D eigenvalue weighted by Gasteiger charge is -2.27. The van der Waals surface area contributed by atoms with Gasteiger partial charge >= 0.3 is 47.8 Å². The van der Waals surface area contributed by atoms with Gasteiger partial charge in [-0.05, 0) is 12.8 Å². The molecule has 26 nitrogen and oxygen atoms in total. The second-order valence-corrected chi connectivity index (χ2v) is 14.0. The van der Waals surface area contributed by atoms with Gasteiger partial charge in [0, 0.05) is 65.4 Å². The fraction of sp³-hybridized carbons (Fsp3) is 0.714. The van der Waals surface area contributed by atoms with Crippen LogP contribution in [0.15, 0.2) is 0 Å². The van der Waals surface area contributed by atoms with E-state index in [1.807, 2.05) is 0 Å². The van der Waals surface area contributed by atoms with Gasteiger partial charge in [-0.15, -0.1) is 0 Å². The van der Waals surface area contributed by atoms with Crippen molar-refractivity contribution in [3.8, 4) is 0 Å². The molecule has 0 aliphatic rings. The van der Waals surface area contributed by atoms with Gasteiger partial charge in [0.2, 0.25) is 11.8 Å². The van der Waals surface area contributed by atoms with Crippen molar-refractivity contribution in [1.82, 2.24) is 40.0 Å². The SMILES string of the molecule is O=C(O)CN(CCN(CC(=O)O)CC(=O)O)CCN(CC(=O)O)CC(=O)NCCCCCCCNC(=O)CN(CCN(CCN(CC(=O)O)CC(=O)O)CC(=O)O)CC(=O)O. The maximum absolute atomic E-state index is 12.6. The van der Waals surface area contributed by atoms with Gasteiger partial charge in [-0.25, -0.2) is 0 Å². The first-order valence-electron chi connectivity index (χ1n) is 19.3. The smallest absolute Gasteiger partial charge is 0.317 e. The van der Waals surface area contributed by atoms with Gasteiger partial charge in [-0.3, -0.25) is 77.3 Å². The van der Waals surface area contributed by atoms with E-state index in [0.717, 1.165) is 16.2 Å². The molecule has 0 aromatic rings. The molecule has 0 atom stereocenters. The number of carboxylic acids is 8. The van der Waals surface area contributed by atoms with Crippen LogP contribution < -0.4 is 10.6 Å². The van der Waals surface area contributed by atoms with Crippen LogP contribution in [0.2, 0.25) is 0 Å². The highest BCUT2D eigenvalue weighted by Gasteiger charge is 2.21. The number of nitrogens with one attached hydrogen (secondary N) is 2. The van der Waals surface area contributed by atoms with Crippen LogP contribution in [-0.2, 0) is 47.9 Å². The number of carbonyl (C=O) groups excluding carboxylic acids is 2. The quantitative estimate of drug-likeness (QED) is 0.0260. The van der Waals surface area contributed by atoms with Crippen molar-refractivity contribution in [2.45, 2.75) is 32.1 Å². The van der Waals surface area contributed by atoms with E-state index in [1.54, 1.807) is 0 Å². The Labute approximate surface area is 351 Å². The van der Waals surface area contributed by atoms with Crippen LogP contribution >= 0.6 is 0 Å². The first-order chi connectivity index (χ1) is 28.6. The normalized spacial score (nSPS) is 11.4. The van der Waals surface area contributed by atoms with Crippen LogP contribution in [0.4, 0.5) is 0 Å². The predicted octanol–water partition coefficient (Wildman–Crippen LogP) is -4.34. The van der Waals surface area contributed by atoms with Crippen molar-refractivity contribution in [1.29, 1.82) is 0 Å². The zero-order valence-electron chi connectivity index (χ0n) is 34.0. The molecular weight excluding hydrogens is 820 g/mol. The van der Waals surface area contributed by atoms with Crippen LogP contribution in [0.25, 0.3) is 0 Å². The molecule has 0 aliphatic heterocycles. The summed E-state index contributed by atoms with van der Waals surface area (Å²) in [4.78, 5) is 123. The van der Waals surface area contributed by atoms with Crippen molar-refractivity contribution in [3.05, 3.63) is 0 Å². The highest BCUT2D eigenvalue weighted by atomic mass is 16.4. The average molecular weight is 881 g/mol. The Morgan fingerprint density at radius 2 is 0.443 bits per heavy atom. The molecule has 2 amide bonds. The molecule has 0 fully saturated rings. The predicted molar refractivity (Wildman–Crippen MR) is 209 cm³/mol. The number of aliphatic carboxylic acids is 8. The fourth-order valence-corrected chi connectivity index (χ4v) is 5.81. The van der Waals surface area contributed by atoms with E-state index in [-0.39, 0.29) is 78.5 Å². The van der Waals surface area contributed by atoms with Crippen molar-refractivity contribution < 1.29 is 88.8 Å². The zero-order chi connectivity index (χ0) is 46.3. The topological polar surface area (TPSA) is 376 Å². The van der Waals surface area contributed by atoms with Crippen molar-refractivity contribution in [2.24, 2.45) is 0 Å². The van der Waals surface area contributed by atoms with Crippen LogP contribution in [0, 0.1) is 0 Å². The van der Waals surface area contributed by atoms with Gasteiger partial charge in [-0.1, -0.05) is 19.3 Å². The lowest BCUT2D eigenvalue weighted by Crippen LogP contribution is -2.46. The Balaban J connectivity index is 4.74. The summed E-state index contributed by atoms with van der Waals surface area (Å²) in [7, 11) is 0. The Kier molecular flexibility index (Phi) is 29.3. The lowest BCUT2D eigenvalue weighted by atomic mass is 10.1. The van der Waals surface area contributed by atoms with E-state index in [0.29, 0.717) is 25.7 Å². The van der Waals surface area contributed by atoms with Crippen molar-refractivity contribution in [2.75, 3.05) is 131 Å². The molecule has 0 aliphatic carbocycles. The number of rotatable bonds is 40. The van der Waals surface area contributed by atoms with E-state index in [1.165, 1.54) is 19.6 Å². The second kappa shape index (κ2) is 32.3. The van der Waals surface area contributed by atoms with E-state index < -0.39 is 112 Å². The zero-order valence-corrected chi connectivity index (χ0v) is 34.0. The summed E-state index contributed by atoms with van der Waals surface area (Å²) in [5.41, 5.74) is 0. The van der Waals surface area contributed by atoms with Gasteiger partial charge in [0.15, 0.2) is 0 Å². The molecule has 0 unspecified atom stereocenters. The molecule has 0 heterocycles. The maximum Gasteiger partial charge on any atom is 0.317 e. The molecule has 10 N–H and O–H groups in total. The van der Waals surface area contributed by atoms with Gasteiger partial charge in [-0.2, -0.15) is 0 Å². The highest BCUT2D eigenvalue weighted by molar-refractivity contribution is 5.79. The number of carboxylic acid groups (broad SMARTS) is 8.